The molecule has 106 valence electrons. The van der Waals surface area contributed by atoms with Crippen LogP contribution >= 0.6 is 0 Å². The zero-order chi connectivity index (χ0) is 14.8. The third-order valence-electron chi connectivity index (χ3n) is 2.72. The van der Waals surface area contributed by atoms with Gasteiger partial charge in [-0.05, 0) is 19.1 Å². The molecule has 8 heteroatoms. The second-order valence-electron chi connectivity index (χ2n) is 4.12. The van der Waals surface area contributed by atoms with Gasteiger partial charge in [0, 0.05) is 7.05 Å². The largest absolute Gasteiger partial charge is 0.433 e. The quantitative estimate of drug-likeness (QED) is 0.569. The molecule has 0 aliphatic heterocycles. The molecule has 1 aromatic heterocycles. The van der Waals surface area contributed by atoms with E-state index < -0.39 is 17.9 Å². The Bertz CT molecular complexity index is 475. The maximum atomic E-state index is 12.6. The fraction of sp³-hybridized carbons (Fsp3) is 0.455. The van der Waals surface area contributed by atoms with Gasteiger partial charge in [-0.3, -0.25) is 5.41 Å². The fourth-order valence-corrected chi connectivity index (χ4v) is 1.42. The molecule has 0 aromatic carbocycles. The van der Waals surface area contributed by atoms with Crippen LogP contribution in [-0.4, -0.2) is 35.6 Å². The van der Waals surface area contributed by atoms with Crippen LogP contribution in [0.15, 0.2) is 12.1 Å². The van der Waals surface area contributed by atoms with Crippen LogP contribution in [0.4, 0.5) is 19.0 Å². The van der Waals surface area contributed by atoms with Gasteiger partial charge in [0.05, 0.1) is 18.2 Å². The second kappa shape index (κ2) is 5.43. The Morgan fingerprint density at radius 2 is 2.11 bits per heavy atom. The van der Waals surface area contributed by atoms with Gasteiger partial charge in [-0.1, -0.05) is 0 Å². The maximum Gasteiger partial charge on any atom is 0.433 e. The summed E-state index contributed by atoms with van der Waals surface area (Å²) in [6.07, 6.45) is -4.58. The summed E-state index contributed by atoms with van der Waals surface area (Å²) in [5.41, 5.74) is 4.35. The summed E-state index contributed by atoms with van der Waals surface area (Å²) < 4.78 is 37.9. The molecule has 0 aliphatic carbocycles. The van der Waals surface area contributed by atoms with Crippen LogP contribution in [0.25, 0.3) is 0 Å². The smallest absolute Gasteiger partial charge is 0.394 e. The number of nitrogen functional groups attached to an aromatic ring is 1. The molecule has 0 spiro atoms. The number of likely N-dealkylation sites (N-methyl/N-ethyl adjacent to an activating group) is 1. The summed E-state index contributed by atoms with van der Waals surface area (Å²) >= 11 is 0. The summed E-state index contributed by atoms with van der Waals surface area (Å²) in [5, 5.41) is 16.4. The average Bonchev–Trinajstić information content (AvgIpc) is 2.34. The zero-order valence-corrected chi connectivity index (χ0v) is 10.5. The highest BCUT2D eigenvalue weighted by atomic mass is 19.4. The molecule has 1 heterocycles. The number of nitrogens with one attached hydrogen (secondary N) is 1. The highest BCUT2D eigenvalue weighted by Gasteiger charge is 2.33. The summed E-state index contributed by atoms with van der Waals surface area (Å²) in [5.74, 6) is -0.461. The van der Waals surface area contributed by atoms with Gasteiger partial charge in [-0.15, -0.1) is 0 Å². The molecule has 1 rings (SSSR count). The summed E-state index contributed by atoms with van der Waals surface area (Å²) in [7, 11) is 1.48. The SMILES string of the molecule is CC(CO)N(C)c1nc(C(F)(F)F)ccc1C(=N)N. The molecule has 5 nitrogen and oxygen atoms in total. The number of aromatic nitrogens is 1. The van der Waals surface area contributed by atoms with E-state index in [4.69, 9.17) is 16.2 Å². The lowest BCUT2D eigenvalue weighted by Gasteiger charge is -2.26. The van der Waals surface area contributed by atoms with Crippen molar-refractivity contribution in [1.82, 2.24) is 4.98 Å². The van der Waals surface area contributed by atoms with E-state index in [9.17, 15) is 13.2 Å². The molecule has 0 fully saturated rings. The van der Waals surface area contributed by atoms with Crippen LogP contribution in [0.3, 0.4) is 0 Å². The van der Waals surface area contributed by atoms with E-state index in [1.54, 1.807) is 6.92 Å². The first kappa shape index (κ1) is 15.2. The van der Waals surface area contributed by atoms with Crippen LogP contribution in [0.1, 0.15) is 18.2 Å². The maximum absolute atomic E-state index is 12.6. The van der Waals surface area contributed by atoms with Gasteiger partial charge in [-0.25, -0.2) is 4.98 Å². The number of nitrogens with two attached hydrogens (primary N) is 1. The zero-order valence-electron chi connectivity index (χ0n) is 10.5. The lowest BCUT2D eigenvalue weighted by Crippen LogP contribution is -2.35. The molecule has 1 unspecified atom stereocenters. The Morgan fingerprint density at radius 1 is 1.53 bits per heavy atom. The van der Waals surface area contributed by atoms with E-state index in [1.165, 1.54) is 11.9 Å². The van der Waals surface area contributed by atoms with Crippen LogP contribution in [0, 0.1) is 5.41 Å². The topological polar surface area (TPSA) is 86.2 Å². The predicted molar refractivity (Wildman–Crippen MR) is 65.2 cm³/mol. The number of alkyl halides is 3. The van der Waals surface area contributed by atoms with Gasteiger partial charge in [0.1, 0.15) is 17.3 Å². The van der Waals surface area contributed by atoms with Gasteiger partial charge in [0.25, 0.3) is 0 Å². The summed E-state index contributed by atoms with van der Waals surface area (Å²) in [4.78, 5) is 4.86. The minimum atomic E-state index is -4.58. The van der Waals surface area contributed by atoms with E-state index in [0.29, 0.717) is 0 Å². The number of aliphatic hydroxyl groups is 1. The molecule has 1 atom stereocenters. The van der Waals surface area contributed by atoms with Gasteiger partial charge in [-0.2, -0.15) is 13.2 Å². The summed E-state index contributed by atoms with van der Waals surface area (Å²) in [6, 6.07) is 1.43. The number of rotatable bonds is 4. The number of anilines is 1. The van der Waals surface area contributed by atoms with Crippen molar-refractivity contribution < 1.29 is 18.3 Å². The Balaban J connectivity index is 3.35. The van der Waals surface area contributed by atoms with Crippen molar-refractivity contribution in [2.75, 3.05) is 18.6 Å². The molecule has 4 N–H and O–H groups in total. The normalized spacial score (nSPS) is 13.2. The van der Waals surface area contributed by atoms with Gasteiger partial charge < -0.3 is 15.7 Å². The number of amidine groups is 1. The lowest BCUT2D eigenvalue weighted by molar-refractivity contribution is -0.141. The van der Waals surface area contributed by atoms with Crippen molar-refractivity contribution in [3.05, 3.63) is 23.4 Å². The first-order valence-electron chi connectivity index (χ1n) is 5.44. The summed E-state index contributed by atoms with van der Waals surface area (Å²) in [6.45, 7) is 1.36. The number of halogens is 3. The third-order valence-corrected chi connectivity index (χ3v) is 2.72. The Hall–Kier alpha value is -1.83. The van der Waals surface area contributed by atoms with E-state index in [-0.39, 0.29) is 23.8 Å². The molecule has 0 amide bonds. The Morgan fingerprint density at radius 3 is 2.53 bits per heavy atom. The first-order chi connectivity index (χ1) is 8.68. The van der Waals surface area contributed by atoms with Crippen molar-refractivity contribution in [3.8, 4) is 0 Å². The van der Waals surface area contributed by atoms with Crippen molar-refractivity contribution in [3.63, 3.8) is 0 Å². The fourth-order valence-electron chi connectivity index (χ4n) is 1.42. The molecular weight excluding hydrogens is 261 g/mol. The van der Waals surface area contributed by atoms with Crippen molar-refractivity contribution in [1.29, 1.82) is 5.41 Å². The van der Waals surface area contributed by atoms with Crippen LogP contribution in [0.2, 0.25) is 0 Å². The van der Waals surface area contributed by atoms with Crippen LogP contribution in [-0.2, 0) is 6.18 Å². The molecule has 0 saturated carbocycles. The molecular formula is C11H15F3N4O. The molecule has 0 saturated heterocycles. The molecule has 0 radical (unpaired) electrons. The Kier molecular flexibility index (Phi) is 4.35. The molecule has 1 aromatic rings. The van der Waals surface area contributed by atoms with Gasteiger partial charge >= 0.3 is 6.18 Å². The number of nitrogens with zero attached hydrogens (tertiary/aromatic N) is 2. The molecule has 19 heavy (non-hydrogen) atoms. The van der Waals surface area contributed by atoms with E-state index in [2.05, 4.69) is 4.98 Å². The highest BCUT2D eigenvalue weighted by molar-refractivity contribution is 5.99. The van der Waals surface area contributed by atoms with Crippen molar-refractivity contribution >= 4 is 11.7 Å². The number of hydrogen-bond acceptors (Lipinski definition) is 4. The monoisotopic (exact) mass is 276 g/mol. The molecule has 0 bridgehead atoms. The minimum Gasteiger partial charge on any atom is -0.394 e. The number of hydrogen-bond donors (Lipinski definition) is 3. The predicted octanol–water partition coefficient (Wildman–Crippen LogP) is 1.20. The van der Waals surface area contributed by atoms with Crippen molar-refractivity contribution in [2.24, 2.45) is 5.73 Å². The second-order valence-corrected chi connectivity index (χ2v) is 4.12. The van der Waals surface area contributed by atoms with E-state index in [0.717, 1.165) is 12.1 Å². The Labute approximate surface area is 108 Å². The average molecular weight is 276 g/mol. The van der Waals surface area contributed by atoms with Crippen LogP contribution in [0.5, 0.6) is 0 Å². The van der Waals surface area contributed by atoms with Crippen LogP contribution < -0.4 is 10.6 Å². The number of aliphatic hydroxyl groups excluding tert-OH is 1. The minimum absolute atomic E-state index is 0.0797. The molecule has 0 aliphatic rings. The number of pyridine rings is 1. The first-order valence-corrected chi connectivity index (χ1v) is 5.44. The lowest BCUT2D eigenvalue weighted by atomic mass is 10.2. The highest BCUT2D eigenvalue weighted by Crippen LogP contribution is 2.30. The standard InChI is InChI=1S/C11H15F3N4O/c1-6(5-19)18(2)10-7(9(15)16)3-4-8(17-10)11(12,13)14/h3-4,6,19H,5H2,1-2H3,(H3,15,16). The van der Waals surface area contributed by atoms with E-state index >= 15 is 0 Å². The van der Waals surface area contributed by atoms with Crippen molar-refractivity contribution in [2.45, 2.75) is 19.1 Å². The third kappa shape index (κ3) is 3.34. The van der Waals surface area contributed by atoms with Gasteiger partial charge in [0.2, 0.25) is 0 Å². The van der Waals surface area contributed by atoms with Gasteiger partial charge in [0.15, 0.2) is 0 Å². The van der Waals surface area contributed by atoms with E-state index in [1.807, 2.05) is 0 Å².